The molecule has 0 unspecified atom stereocenters. The molecule has 0 saturated heterocycles. The van der Waals surface area contributed by atoms with Crippen molar-refractivity contribution in [3.8, 4) is 10.7 Å². The van der Waals surface area contributed by atoms with Crippen LogP contribution < -0.4 is 4.57 Å². The molecule has 0 bridgehead atoms. The molecule has 19 heavy (non-hydrogen) atoms. The van der Waals surface area contributed by atoms with Gasteiger partial charge in [0.2, 0.25) is 5.52 Å². The number of nitrogens with zero attached hydrogens (tertiary/aromatic N) is 3. The van der Waals surface area contributed by atoms with Gasteiger partial charge in [-0.25, -0.2) is 4.98 Å². The Hall–Kier alpha value is -2.20. The van der Waals surface area contributed by atoms with E-state index >= 15 is 0 Å². The summed E-state index contributed by atoms with van der Waals surface area (Å²) in [5, 5.41) is 1.28. The lowest BCUT2D eigenvalue weighted by Gasteiger charge is -1.90. The fraction of sp³-hybridized carbons (Fsp3) is 0.0667. The van der Waals surface area contributed by atoms with Gasteiger partial charge in [-0.15, -0.1) is 0 Å². The minimum atomic E-state index is 0.940. The first-order valence-corrected chi connectivity index (χ1v) is 7.10. The van der Waals surface area contributed by atoms with Crippen LogP contribution in [-0.4, -0.2) is 9.38 Å². The summed E-state index contributed by atoms with van der Waals surface area (Å²) < 4.78 is 5.93. The van der Waals surface area contributed by atoms with Crippen LogP contribution in [0, 0.1) is 0 Å². The number of fused-ring (bicyclic) bond motifs is 7. The fourth-order valence-electron chi connectivity index (χ4n) is 2.90. The summed E-state index contributed by atoms with van der Waals surface area (Å²) in [6.45, 7) is 0.940. The highest BCUT2D eigenvalue weighted by Crippen LogP contribution is 2.36. The van der Waals surface area contributed by atoms with Crippen molar-refractivity contribution < 1.29 is 4.57 Å². The summed E-state index contributed by atoms with van der Waals surface area (Å²) in [4.78, 5) is 4.54. The largest absolute Gasteiger partial charge is 0.316 e. The van der Waals surface area contributed by atoms with Gasteiger partial charge >= 0.3 is 0 Å². The fourth-order valence-corrected chi connectivity index (χ4v) is 4.20. The molecule has 4 heteroatoms. The second-order valence-corrected chi connectivity index (χ2v) is 5.84. The van der Waals surface area contributed by atoms with Crippen LogP contribution in [0.4, 0.5) is 0 Å². The molecule has 0 fully saturated rings. The van der Waals surface area contributed by atoms with E-state index in [9.17, 15) is 0 Å². The predicted octanol–water partition coefficient (Wildman–Crippen LogP) is 2.87. The molecular weight excluding hydrogens is 254 g/mol. The van der Waals surface area contributed by atoms with Crippen molar-refractivity contribution in [2.24, 2.45) is 0 Å². The van der Waals surface area contributed by atoms with Crippen LogP contribution in [0.25, 0.3) is 26.4 Å². The van der Waals surface area contributed by atoms with Crippen LogP contribution in [-0.2, 0) is 6.54 Å². The van der Waals surface area contributed by atoms with Gasteiger partial charge in [0.1, 0.15) is 4.70 Å². The molecule has 0 saturated carbocycles. The summed E-state index contributed by atoms with van der Waals surface area (Å²) in [6.07, 6.45) is 6.21. The summed E-state index contributed by atoms with van der Waals surface area (Å²) >= 11 is 1.84. The van der Waals surface area contributed by atoms with Crippen LogP contribution in [0.15, 0.2) is 48.9 Å². The highest BCUT2D eigenvalue weighted by atomic mass is 32.1. The van der Waals surface area contributed by atoms with E-state index in [2.05, 4.69) is 50.6 Å². The Balaban J connectivity index is 1.93. The lowest BCUT2D eigenvalue weighted by Crippen LogP contribution is -2.29. The number of pyridine rings is 2. The first-order chi connectivity index (χ1) is 9.42. The van der Waals surface area contributed by atoms with Crippen molar-refractivity contribution in [2.75, 3.05) is 0 Å². The van der Waals surface area contributed by atoms with Crippen LogP contribution in [0.1, 0.15) is 5.56 Å². The zero-order chi connectivity index (χ0) is 12.4. The highest BCUT2D eigenvalue weighted by molar-refractivity contribution is 7.22. The highest BCUT2D eigenvalue weighted by Gasteiger charge is 2.33. The zero-order valence-electron chi connectivity index (χ0n) is 10.1. The Bertz CT molecular complexity index is 949. The summed E-state index contributed by atoms with van der Waals surface area (Å²) in [7, 11) is 0. The van der Waals surface area contributed by atoms with E-state index in [-0.39, 0.29) is 0 Å². The zero-order valence-corrected chi connectivity index (χ0v) is 10.9. The summed E-state index contributed by atoms with van der Waals surface area (Å²) in [5.41, 5.74) is 5.06. The van der Waals surface area contributed by atoms with E-state index in [0.717, 1.165) is 12.2 Å². The number of hydrogen-bond acceptors (Lipinski definition) is 2. The Morgan fingerprint density at radius 3 is 3.21 bits per heavy atom. The van der Waals surface area contributed by atoms with Gasteiger partial charge < -0.3 is 4.40 Å². The van der Waals surface area contributed by atoms with Crippen LogP contribution in [0.3, 0.4) is 0 Å². The minimum absolute atomic E-state index is 0.940. The quantitative estimate of drug-likeness (QED) is 0.394. The third-order valence-corrected chi connectivity index (χ3v) is 5.00. The molecule has 0 aliphatic carbocycles. The second kappa shape index (κ2) is 3.22. The maximum Gasteiger partial charge on any atom is 0.289 e. The molecule has 0 radical (unpaired) electrons. The SMILES string of the molecule is c1cnc2c(c1)C[n+]1c-2sc2c3ccccn3cc21. The standard InChI is InChI=1S/C15H10N3S/c1-2-7-17-9-12-14(11(17)5-1)19-15-13-10(8-18(12)15)4-3-6-16-13/h1-7,9H,8H2/q+1. The first-order valence-electron chi connectivity index (χ1n) is 6.28. The molecule has 1 aliphatic rings. The molecule has 1 aliphatic heterocycles. The molecule has 5 rings (SSSR count). The summed E-state index contributed by atoms with van der Waals surface area (Å²) in [6, 6.07) is 10.5. The predicted molar refractivity (Wildman–Crippen MR) is 75.3 cm³/mol. The smallest absolute Gasteiger partial charge is 0.289 e. The van der Waals surface area contributed by atoms with Crippen LogP contribution in [0.5, 0.6) is 0 Å². The van der Waals surface area contributed by atoms with E-state index < -0.39 is 0 Å². The topological polar surface area (TPSA) is 21.2 Å². The number of rotatable bonds is 0. The van der Waals surface area contributed by atoms with Crippen LogP contribution >= 0.6 is 11.3 Å². The molecule has 4 aromatic heterocycles. The van der Waals surface area contributed by atoms with Gasteiger partial charge in [-0.2, -0.15) is 4.57 Å². The maximum absolute atomic E-state index is 4.54. The Morgan fingerprint density at radius 2 is 2.21 bits per heavy atom. The Kier molecular flexibility index (Phi) is 1.64. The molecule has 3 nitrogen and oxygen atoms in total. The monoisotopic (exact) mass is 264 g/mol. The molecule has 5 heterocycles. The third kappa shape index (κ3) is 1.12. The lowest BCUT2D eigenvalue weighted by molar-refractivity contribution is -0.642. The number of hydrogen-bond donors (Lipinski definition) is 0. The van der Waals surface area contributed by atoms with Gasteiger partial charge in [-0.05, 0) is 24.3 Å². The van der Waals surface area contributed by atoms with E-state index in [1.54, 1.807) is 0 Å². The Labute approximate surface area is 113 Å². The van der Waals surface area contributed by atoms with Gasteiger partial charge in [-0.3, -0.25) is 0 Å². The molecule has 90 valence electrons. The van der Waals surface area contributed by atoms with Crippen molar-refractivity contribution in [3.05, 3.63) is 54.5 Å². The minimum Gasteiger partial charge on any atom is -0.316 e. The lowest BCUT2D eigenvalue weighted by atomic mass is 10.2. The molecule has 0 amide bonds. The normalized spacial score (nSPS) is 13.1. The molecule has 4 aromatic rings. The average Bonchev–Trinajstić information content (AvgIpc) is 3.07. The molecular formula is C15H10N3S+. The van der Waals surface area contributed by atoms with E-state index in [4.69, 9.17) is 0 Å². The average molecular weight is 264 g/mol. The third-order valence-electron chi connectivity index (χ3n) is 3.77. The molecule has 0 atom stereocenters. The van der Waals surface area contributed by atoms with Gasteiger partial charge in [0.15, 0.2) is 12.2 Å². The van der Waals surface area contributed by atoms with Gasteiger partial charge in [0.25, 0.3) is 5.01 Å². The number of thiazole rings is 1. The van der Waals surface area contributed by atoms with Crippen LogP contribution in [0.2, 0.25) is 0 Å². The van der Waals surface area contributed by atoms with Gasteiger partial charge in [0.05, 0.1) is 17.3 Å². The van der Waals surface area contributed by atoms with Crippen molar-refractivity contribution in [3.63, 3.8) is 0 Å². The van der Waals surface area contributed by atoms with E-state index in [1.165, 1.54) is 26.3 Å². The molecule has 0 aromatic carbocycles. The molecule has 0 N–H and O–H groups in total. The van der Waals surface area contributed by atoms with E-state index in [0.29, 0.717) is 0 Å². The number of aromatic nitrogens is 3. The van der Waals surface area contributed by atoms with Gasteiger partial charge in [0, 0.05) is 12.4 Å². The van der Waals surface area contributed by atoms with Crippen molar-refractivity contribution in [1.82, 2.24) is 9.38 Å². The van der Waals surface area contributed by atoms with Crippen molar-refractivity contribution in [1.29, 1.82) is 0 Å². The van der Waals surface area contributed by atoms with E-state index in [1.807, 2.05) is 23.6 Å². The van der Waals surface area contributed by atoms with Gasteiger partial charge in [-0.1, -0.05) is 17.4 Å². The second-order valence-electron chi connectivity index (χ2n) is 4.84. The summed E-state index contributed by atoms with van der Waals surface area (Å²) in [5.74, 6) is 0. The Morgan fingerprint density at radius 1 is 1.21 bits per heavy atom. The molecule has 0 spiro atoms. The first kappa shape index (κ1) is 9.69. The maximum atomic E-state index is 4.54. The van der Waals surface area contributed by atoms with Crippen molar-refractivity contribution in [2.45, 2.75) is 6.54 Å². The van der Waals surface area contributed by atoms with Crippen molar-refractivity contribution >= 4 is 27.1 Å².